The van der Waals surface area contributed by atoms with Gasteiger partial charge >= 0.3 is 6.18 Å². The van der Waals surface area contributed by atoms with E-state index in [0.717, 1.165) is 12.1 Å². The molecule has 0 saturated heterocycles. The van der Waals surface area contributed by atoms with Crippen LogP contribution in [0.5, 0.6) is 0 Å². The molecule has 2 rings (SSSR count). The van der Waals surface area contributed by atoms with E-state index in [1.807, 2.05) is 0 Å². The Kier molecular flexibility index (Phi) is 3.89. The summed E-state index contributed by atoms with van der Waals surface area (Å²) in [6, 6.07) is 8.05. The molecule has 0 bridgehead atoms. The number of halogens is 5. The van der Waals surface area contributed by atoms with Crippen LogP contribution in [0.4, 0.5) is 13.2 Å². The van der Waals surface area contributed by atoms with E-state index in [-0.39, 0.29) is 26.9 Å². The van der Waals surface area contributed by atoms with Gasteiger partial charge in [0.15, 0.2) is 0 Å². The van der Waals surface area contributed by atoms with Crippen molar-refractivity contribution in [2.24, 2.45) is 0 Å². The fraction of sp³-hybridized carbons (Fsp3) is 0.0769. The van der Waals surface area contributed by atoms with Gasteiger partial charge in [-0.1, -0.05) is 29.3 Å². The van der Waals surface area contributed by atoms with Gasteiger partial charge in [-0.3, -0.25) is 0 Å². The second-order valence-corrected chi connectivity index (χ2v) is 4.61. The zero-order valence-electron chi connectivity index (χ0n) is 9.67. The van der Waals surface area contributed by atoms with Crippen molar-refractivity contribution >= 4 is 23.2 Å². The first-order chi connectivity index (χ1) is 9.34. The maximum absolute atomic E-state index is 12.7. The van der Waals surface area contributed by atoms with Crippen molar-refractivity contribution in [3.63, 3.8) is 0 Å². The molecule has 0 atom stereocenters. The van der Waals surface area contributed by atoms with Crippen molar-refractivity contribution in [1.29, 1.82) is 5.26 Å². The molecule has 0 N–H and O–H groups in total. The van der Waals surface area contributed by atoms with Crippen LogP contribution >= 0.6 is 23.2 Å². The summed E-state index contributed by atoms with van der Waals surface area (Å²) in [4.78, 5) is 3.49. The first kappa shape index (κ1) is 14.6. The lowest BCUT2D eigenvalue weighted by Crippen LogP contribution is -2.09. The Morgan fingerprint density at radius 3 is 2.15 bits per heavy atom. The minimum atomic E-state index is -4.61. The quantitative estimate of drug-likeness (QED) is 0.746. The third kappa shape index (κ3) is 2.72. The van der Waals surface area contributed by atoms with E-state index in [0.29, 0.717) is 0 Å². The molecule has 7 heteroatoms. The summed E-state index contributed by atoms with van der Waals surface area (Å²) in [6.07, 6.45) is -4.61. The molecule has 0 aliphatic heterocycles. The monoisotopic (exact) mass is 316 g/mol. The zero-order chi connectivity index (χ0) is 14.9. The molecule has 2 aromatic rings. The minimum Gasteiger partial charge on any atom is -0.242 e. The number of hydrogen-bond donors (Lipinski definition) is 0. The van der Waals surface area contributed by atoms with Gasteiger partial charge in [-0.15, -0.1) is 0 Å². The predicted molar refractivity (Wildman–Crippen MR) is 69.4 cm³/mol. The van der Waals surface area contributed by atoms with Crippen molar-refractivity contribution in [1.82, 2.24) is 4.98 Å². The first-order valence-corrected chi connectivity index (χ1v) is 6.03. The minimum absolute atomic E-state index is 0.0343. The molecule has 1 aromatic heterocycles. The van der Waals surface area contributed by atoms with Crippen LogP contribution in [0, 0.1) is 11.3 Å². The molecule has 0 radical (unpaired) electrons. The van der Waals surface area contributed by atoms with E-state index in [2.05, 4.69) is 4.98 Å². The molecule has 0 aliphatic carbocycles. The van der Waals surface area contributed by atoms with Gasteiger partial charge in [0.25, 0.3) is 0 Å². The third-order valence-electron chi connectivity index (χ3n) is 2.51. The Balaban J connectivity index is 2.76. The van der Waals surface area contributed by atoms with Gasteiger partial charge < -0.3 is 0 Å². The van der Waals surface area contributed by atoms with Crippen molar-refractivity contribution in [2.45, 2.75) is 6.18 Å². The van der Waals surface area contributed by atoms with E-state index in [1.54, 1.807) is 12.1 Å². The number of rotatable bonds is 1. The number of benzene rings is 1. The van der Waals surface area contributed by atoms with Crippen LogP contribution in [-0.2, 0) is 6.18 Å². The second kappa shape index (κ2) is 5.31. The number of nitriles is 1. The summed E-state index contributed by atoms with van der Waals surface area (Å²) in [7, 11) is 0. The van der Waals surface area contributed by atoms with E-state index in [1.165, 1.54) is 12.1 Å². The maximum Gasteiger partial charge on any atom is 0.433 e. The van der Waals surface area contributed by atoms with Gasteiger partial charge in [-0.2, -0.15) is 18.4 Å². The summed E-state index contributed by atoms with van der Waals surface area (Å²) >= 11 is 11.9. The molecule has 1 heterocycles. The maximum atomic E-state index is 12.7. The molecule has 0 amide bonds. The van der Waals surface area contributed by atoms with Gasteiger partial charge in [0, 0.05) is 5.56 Å². The Hall–Kier alpha value is -1.77. The van der Waals surface area contributed by atoms with E-state index >= 15 is 0 Å². The van der Waals surface area contributed by atoms with Crippen LogP contribution < -0.4 is 0 Å². The smallest absolute Gasteiger partial charge is 0.242 e. The third-order valence-corrected chi connectivity index (χ3v) is 3.14. The molecule has 2 nitrogen and oxygen atoms in total. The summed E-state index contributed by atoms with van der Waals surface area (Å²) in [5.41, 5.74) is -1.22. The number of aromatic nitrogens is 1. The standard InChI is InChI=1S/C13H5Cl2F3N2/c14-8-2-1-3-9(15)11(8)12-7(6-19)4-5-10(20-12)13(16,17)18/h1-5H. The molecular formula is C13H5Cl2F3N2. The number of pyridine rings is 1. The molecule has 0 aliphatic rings. The molecule has 1 aromatic carbocycles. The van der Waals surface area contributed by atoms with E-state index in [4.69, 9.17) is 28.5 Å². The molecule has 0 saturated carbocycles. The molecule has 0 spiro atoms. The zero-order valence-corrected chi connectivity index (χ0v) is 11.2. The van der Waals surface area contributed by atoms with E-state index in [9.17, 15) is 13.2 Å². The van der Waals surface area contributed by atoms with Crippen LogP contribution in [0.1, 0.15) is 11.3 Å². The molecule has 0 unspecified atom stereocenters. The average molecular weight is 317 g/mol. The summed E-state index contributed by atoms with van der Waals surface area (Å²) in [5, 5.41) is 9.25. The Morgan fingerprint density at radius 1 is 1.05 bits per heavy atom. The van der Waals surface area contributed by atoms with Crippen LogP contribution in [0.15, 0.2) is 30.3 Å². The highest BCUT2D eigenvalue weighted by molar-refractivity contribution is 6.39. The molecule has 20 heavy (non-hydrogen) atoms. The molecular weight excluding hydrogens is 312 g/mol. The van der Waals surface area contributed by atoms with Gasteiger partial charge in [0.05, 0.1) is 21.3 Å². The number of nitrogens with zero attached hydrogens (tertiary/aromatic N) is 2. The van der Waals surface area contributed by atoms with E-state index < -0.39 is 11.9 Å². The second-order valence-electron chi connectivity index (χ2n) is 3.80. The number of hydrogen-bond acceptors (Lipinski definition) is 2. The molecule has 102 valence electrons. The lowest BCUT2D eigenvalue weighted by Gasteiger charge is -2.11. The first-order valence-electron chi connectivity index (χ1n) is 5.27. The number of alkyl halides is 3. The topological polar surface area (TPSA) is 36.7 Å². The summed E-state index contributed by atoms with van der Waals surface area (Å²) in [6.45, 7) is 0. The van der Waals surface area contributed by atoms with Crippen LogP contribution in [0.3, 0.4) is 0 Å². The average Bonchev–Trinajstić information content (AvgIpc) is 2.37. The molecule has 0 fully saturated rings. The van der Waals surface area contributed by atoms with Gasteiger partial charge in [0.1, 0.15) is 11.8 Å². The van der Waals surface area contributed by atoms with Crippen molar-refractivity contribution in [2.75, 3.05) is 0 Å². The highest BCUT2D eigenvalue weighted by atomic mass is 35.5. The van der Waals surface area contributed by atoms with Crippen LogP contribution in [0.2, 0.25) is 10.0 Å². The van der Waals surface area contributed by atoms with Crippen molar-refractivity contribution < 1.29 is 13.2 Å². The summed E-state index contributed by atoms with van der Waals surface area (Å²) in [5.74, 6) is 0. The Bertz CT molecular complexity index is 685. The van der Waals surface area contributed by atoms with Gasteiger partial charge in [-0.25, -0.2) is 4.98 Å². The van der Waals surface area contributed by atoms with Crippen molar-refractivity contribution in [3.05, 3.63) is 51.6 Å². The van der Waals surface area contributed by atoms with Gasteiger partial charge in [0.2, 0.25) is 0 Å². The van der Waals surface area contributed by atoms with Gasteiger partial charge in [-0.05, 0) is 24.3 Å². The summed E-state index contributed by atoms with van der Waals surface area (Å²) < 4.78 is 38.1. The highest BCUT2D eigenvalue weighted by Crippen LogP contribution is 2.37. The fourth-order valence-electron chi connectivity index (χ4n) is 1.62. The lowest BCUT2D eigenvalue weighted by molar-refractivity contribution is -0.141. The fourth-order valence-corrected chi connectivity index (χ4v) is 2.20. The largest absolute Gasteiger partial charge is 0.433 e. The lowest BCUT2D eigenvalue weighted by atomic mass is 10.1. The van der Waals surface area contributed by atoms with Crippen molar-refractivity contribution in [3.8, 4) is 17.3 Å². The Labute approximate surface area is 122 Å². The van der Waals surface area contributed by atoms with Crippen LogP contribution in [-0.4, -0.2) is 4.98 Å². The normalized spacial score (nSPS) is 11.2. The predicted octanol–water partition coefficient (Wildman–Crippen LogP) is 4.95. The Morgan fingerprint density at radius 2 is 1.65 bits per heavy atom. The SMILES string of the molecule is N#Cc1ccc(C(F)(F)F)nc1-c1c(Cl)cccc1Cl. The highest BCUT2D eigenvalue weighted by Gasteiger charge is 2.33. The van der Waals surface area contributed by atoms with Crippen LogP contribution in [0.25, 0.3) is 11.3 Å².